The van der Waals surface area contributed by atoms with Crippen LogP contribution >= 0.6 is 0 Å². The molecule has 1 heterocycles. The summed E-state index contributed by atoms with van der Waals surface area (Å²) < 4.78 is 27.2. The van der Waals surface area contributed by atoms with Gasteiger partial charge in [-0.15, -0.1) is 0 Å². The SMILES string of the molecule is CCOC(=O)COc1ccc2ccccc2c1/C=N/N[C@H](O)COc1ccc([C@@H]2NC(=O)NC(C)=C2C(=O)OC)cc1OCC. The van der Waals surface area contributed by atoms with Gasteiger partial charge in [-0.1, -0.05) is 36.4 Å². The number of rotatable bonds is 14. The maximum absolute atomic E-state index is 12.5. The Kier molecular flexibility index (Phi) is 11.2. The Morgan fingerprint density at radius 1 is 1.02 bits per heavy atom. The third kappa shape index (κ3) is 8.21. The molecule has 1 aliphatic heterocycles. The second kappa shape index (κ2) is 15.4. The number of fused-ring (bicyclic) bond motifs is 1. The van der Waals surface area contributed by atoms with E-state index in [9.17, 15) is 19.5 Å². The van der Waals surface area contributed by atoms with Gasteiger partial charge in [0.05, 0.1) is 38.2 Å². The molecule has 0 radical (unpaired) electrons. The van der Waals surface area contributed by atoms with Gasteiger partial charge in [-0.3, -0.25) is 5.43 Å². The number of benzene rings is 3. The molecular formula is C32H36N4O9. The van der Waals surface area contributed by atoms with Gasteiger partial charge >= 0.3 is 18.0 Å². The molecule has 0 aromatic heterocycles. The molecule has 0 saturated heterocycles. The van der Waals surface area contributed by atoms with Crippen molar-refractivity contribution >= 4 is 35.0 Å². The van der Waals surface area contributed by atoms with E-state index in [0.717, 1.165) is 10.8 Å². The zero-order valence-electron chi connectivity index (χ0n) is 25.4. The zero-order valence-corrected chi connectivity index (χ0v) is 25.4. The van der Waals surface area contributed by atoms with Crippen LogP contribution in [0.25, 0.3) is 10.8 Å². The number of urea groups is 1. The van der Waals surface area contributed by atoms with Crippen LogP contribution in [-0.4, -0.2) is 69.1 Å². The second-order valence-corrected chi connectivity index (χ2v) is 9.71. The van der Waals surface area contributed by atoms with E-state index >= 15 is 0 Å². The Hall–Kier alpha value is -5.30. The van der Waals surface area contributed by atoms with E-state index in [4.69, 9.17) is 23.7 Å². The number of hydrazone groups is 1. The lowest BCUT2D eigenvalue weighted by atomic mass is 9.95. The van der Waals surface area contributed by atoms with E-state index in [-0.39, 0.29) is 25.4 Å². The van der Waals surface area contributed by atoms with E-state index in [1.165, 1.54) is 13.3 Å². The fraction of sp³-hybridized carbons (Fsp3) is 0.312. The lowest BCUT2D eigenvalue weighted by Gasteiger charge is -2.28. The summed E-state index contributed by atoms with van der Waals surface area (Å²) in [4.78, 5) is 36.5. The fourth-order valence-electron chi connectivity index (χ4n) is 4.68. The number of methoxy groups -OCH3 is 1. The third-order valence-electron chi connectivity index (χ3n) is 6.67. The lowest BCUT2D eigenvalue weighted by Crippen LogP contribution is -2.45. The number of esters is 2. The molecule has 4 rings (SSSR count). The molecular weight excluding hydrogens is 584 g/mol. The first kappa shape index (κ1) is 32.6. The minimum Gasteiger partial charge on any atom is -0.490 e. The topological polar surface area (TPSA) is 166 Å². The van der Waals surface area contributed by atoms with Crippen LogP contribution in [0.2, 0.25) is 0 Å². The van der Waals surface area contributed by atoms with E-state index < -0.39 is 30.2 Å². The first-order chi connectivity index (χ1) is 21.7. The summed E-state index contributed by atoms with van der Waals surface area (Å²) in [6.07, 6.45) is 0.281. The number of amides is 2. The van der Waals surface area contributed by atoms with Gasteiger partial charge in [0.25, 0.3) is 0 Å². The summed E-state index contributed by atoms with van der Waals surface area (Å²) in [5.41, 5.74) is 4.44. The molecule has 4 N–H and O–H groups in total. The summed E-state index contributed by atoms with van der Waals surface area (Å²) in [5, 5.41) is 21.8. The van der Waals surface area contributed by atoms with Gasteiger partial charge in [-0.2, -0.15) is 5.10 Å². The number of aliphatic hydroxyl groups is 1. The van der Waals surface area contributed by atoms with Gasteiger partial charge in [0, 0.05) is 11.3 Å². The quantitative estimate of drug-likeness (QED) is 0.0909. The summed E-state index contributed by atoms with van der Waals surface area (Å²) in [5.74, 6) is 0.0212. The van der Waals surface area contributed by atoms with Crippen LogP contribution < -0.4 is 30.3 Å². The second-order valence-electron chi connectivity index (χ2n) is 9.71. The van der Waals surface area contributed by atoms with Gasteiger partial charge in [0.1, 0.15) is 12.4 Å². The maximum Gasteiger partial charge on any atom is 0.344 e. The highest BCUT2D eigenvalue weighted by atomic mass is 16.6. The van der Waals surface area contributed by atoms with Crippen molar-refractivity contribution < 1.29 is 43.2 Å². The molecule has 2 atom stereocenters. The monoisotopic (exact) mass is 620 g/mol. The standard InChI is InChI=1S/C32H36N4O9/c1-5-42-26-15-21(30-29(31(39)41-4)19(3)34-32(40)35-30)12-14-25(26)44-17-27(37)36-33-16-23-22-10-8-7-9-20(22)11-13-24(23)45-18-28(38)43-6-2/h7-16,27,30,36-37H,5-6,17-18H2,1-4H3,(H2,34,35,40)/b33-16+/t27-,30+/m1/s1. The highest BCUT2D eigenvalue weighted by Gasteiger charge is 2.32. The number of ether oxygens (including phenoxy) is 5. The van der Waals surface area contributed by atoms with Crippen molar-refractivity contribution in [3.8, 4) is 17.2 Å². The molecule has 13 nitrogen and oxygen atoms in total. The molecule has 2 amide bonds. The van der Waals surface area contributed by atoms with Crippen LogP contribution in [0.4, 0.5) is 4.79 Å². The van der Waals surface area contributed by atoms with Crippen LogP contribution in [0.1, 0.15) is 37.9 Å². The predicted molar refractivity (Wildman–Crippen MR) is 165 cm³/mol. The fourth-order valence-corrected chi connectivity index (χ4v) is 4.68. The number of hydrogen-bond donors (Lipinski definition) is 4. The summed E-state index contributed by atoms with van der Waals surface area (Å²) in [7, 11) is 1.27. The van der Waals surface area contributed by atoms with Gasteiger partial charge < -0.3 is 39.4 Å². The normalized spacial score (nSPS) is 15.2. The average molecular weight is 621 g/mol. The maximum atomic E-state index is 12.5. The number of carbonyl (C=O) groups is 3. The minimum absolute atomic E-state index is 0.199. The summed E-state index contributed by atoms with van der Waals surface area (Å²) in [6, 6.07) is 14.9. The Balaban J connectivity index is 1.46. The number of nitrogens with zero attached hydrogens (tertiary/aromatic N) is 1. The molecule has 45 heavy (non-hydrogen) atoms. The molecule has 0 aliphatic carbocycles. The molecule has 0 saturated carbocycles. The number of hydrogen-bond acceptors (Lipinski definition) is 11. The lowest BCUT2D eigenvalue weighted by molar-refractivity contribution is -0.145. The summed E-state index contributed by atoms with van der Waals surface area (Å²) in [6.45, 7) is 5.24. The van der Waals surface area contributed by atoms with Crippen molar-refractivity contribution in [2.45, 2.75) is 33.0 Å². The molecule has 238 valence electrons. The number of allylic oxidation sites excluding steroid dienone is 1. The van der Waals surface area contributed by atoms with Crippen molar-refractivity contribution in [2.75, 3.05) is 33.5 Å². The highest BCUT2D eigenvalue weighted by molar-refractivity contribution is 6.02. The van der Waals surface area contributed by atoms with Crippen LogP contribution in [0.15, 0.2) is 71.0 Å². The van der Waals surface area contributed by atoms with E-state index in [2.05, 4.69) is 21.2 Å². The van der Waals surface area contributed by atoms with E-state index in [1.807, 2.05) is 30.3 Å². The van der Waals surface area contributed by atoms with Gasteiger partial charge in [-0.25, -0.2) is 14.4 Å². The van der Waals surface area contributed by atoms with Crippen LogP contribution in [0.3, 0.4) is 0 Å². The zero-order chi connectivity index (χ0) is 32.3. The smallest absolute Gasteiger partial charge is 0.344 e. The molecule has 0 unspecified atom stereocenters. The van der Waals surface area contributed by atoms with Crippen LogP contribution in [0.5, 0.6) is 17.2 Å². The van der Waals surface area contributed by atoms with Crippen LogP contribution in [0, 0.1) is 0 Å². The molecule has 0 bridgehead atoms. The van der Waals surface area contributed by atoms with Crippen LogP contribution in [-0.2, 0) is 19.1 Å². The summed E-state index contributed by atoms with van der Waals surface area (Å²) >= 11 is 0. The van der Waals surface area contributed by atoms with E-state index in [0.29, 0.717) is 40.7 Å². The molecule has 3 aromatic carbocycles. The molecule has 13 heteroatoms. The number of carbonyl (C=O) groups excluding carboxylic acids is 3. The molecule has 1 aliphatic rings. The Morgan fingerprint density at radius 2 is 1.80 bits per heavy atom. The van der Waals surface area contributed by atoms with Crippen molar-refractivity contribution in [1.29, 1.82) is 0 Å². The third-order valence-corrected chi connectivity index (χ3v) is 6.67. The first-order valence-corrected chi connectivity index (χ1v) is 14.3. The molecule has 0 spiro atoms. The largest absolute Gasteiger partial charge is 0.490 e. The van der Waals surface area contributed by atoms with Crippen molar-refractivity contribution in [1.82, 2.24) is 16.1 Å². The van der Waals surface area contributed by atoms with Gasteiger partial charge in [0.2, 0.25) is 0 Å². The highest BCUT2D eigenvalue weighted by Crippen LogP contribution is 2.35. The van der Waals surface area contributed by atoms with Crippen molar-refractivity contribution in [3.63, 3.8) is 0 Å². The average Bonchev–Trinajstić information content (AvgIpc) is 3.03. The first-order valence-electron chi connectivity index (χ1n) is 14.3. The minimum atomic E-state index is -1.21. The van der Waals surface area contributed by atoms with Gasteiger partial charge in [-0.05, 0) is 55.3 Å². The predicted octanol–water partition coefficient (Wildman–Crippen LogP) is 3.30. The van der Waals surface area contributed by atoms with E-state index in [1.54, 1.807) is 45.0 Å². The van der Waals surface area contributed by atoms with Crippen molar-refractivity contribution in [3.05, 3.63) is 77.0 Å². The number of aliphatic hydroxyl groups excluding tert-OH is 1. The molecule has 3 aromatic rings. The van der Waals surface area contributed by atoms with Crippen molar-refractivity contribution in [2.24, 2.45) is 5.10 Å². The Labute approximate surface area is 260 Å². The Bertz CT molecular complexity index is 1600. The van der Waals surface area contributed by atoms with Gasteiger partial charge in [0.15, 0.2) is 24.3 Å². The number of nitrogens with one attached hydrogen (secondary N) is 3. The molecule has 0 fully saturated rings. The Morgan fingerprint density at radius 3 is 2.56 bits per heavy atom.